The molecular formula is C11H14ClN3O4. The van der Waals surface area contributed by atoms with Crippen LogP contribution in [0, 0.1) is 10.1 Å². The van der Waals surface area contributed by atoms with Crippen LogP contribution in [0.2, 0.25) is 5.15 Å². The summed E-state index contributed by atoms with van der Waals surface area (Å²) in [6, 6.07) is 1.47. The van der Waals surface area contributed by atoms with Gasteiger partial charge in [-0.05, 0) is 18.9 Å². The minimum Gasteiger partial charge on any atom is -0.394 e. The largest absolute Gasteiger partial charge is 0.394 e. The van der Waals surface area contributed by atoms with Gasteiger partial charge in [0.05, 0.1) is 24.2 Å². The molecule has 2 rings (SSSR count). The van der Waals surface area contributed by atoms with Crippen LogP contribution in [0.25, 0.3) is 0 Å². The highest BCUT2D eigenvalue weighted by molar-refractivity contribution is 6.32. The maximum atomic E-state index is 11.0. The molecular weight excluding hydrogens is 274 g/mol. The van der Waals surface area contributed by atoms with Crippen LogP contribution in [0.4, 0.5) is 11.4 Å². The quantitative estimate of drug-likeness (QED) is 0.496. The number of nitro groups is 1. The standard InChI is InChI=1S/C11H14ClN3O4/c12-11-10(15(17)18)9(3-4-13-11)14-7-1-2-8(5-16)19-6-7/h3-4,7-8,16H,1-2,5-6H2,(H,13,14). The van der Waals surface area contributed by atoms with E-state index in [1.807, 2.05) is 0 Å². The summed E-state index contributed by atoms with van der Waals surface area (Å²) in [4.78, 5) is 14.1. The average Bonchev–Trinajstić information content (AvgIpc) is 2.39. The summed E-state index contributed by atoms with van der Waals surface area (Å²) < 4.78 is 5.41. The van der Waals surface area contributed by atoms with Gasteiger partial charge in [-0.3, -0.25) is 10.1 Å². The summed E-state index contributed by atoms with van der Waals surface area (Å²) in [6.07, 6.45) is 2.75. The van der Waals surface area contributed by atoms with E-state index in [0.29, 0.717) is 18.7 Å². The highest BCUT2D eigenvalue weighted by atomic mass is 35.5. The minimum atomic E-state index is -0.558. The van der Waals surface area contributed by atoms with E-state index in [9.17, 15) is 10.1 Å². The Morgan fingerprint density at radius 1 is 1.63 bits per heavy atom. The maximum Gasteiger partial charge on any atom is 0.329 e. The topological polar surface area (TPSA) is 97.5 Å². The predicted octanol–water partition coefficient (Wildman–Crippen LogP) is 1.59. The molecule has 2 atom stereocenters. The molecule has 0 aromatic carbocycles. The molecule has 19 heavy (non-hydrogen) atoms. The van der Waals surface area contributed by atoms with E-state index >= 15 is 0 Å². The molecule has 1 aliphatic rings. The second-order valence-electron chi connectivity index (χ2n) is 4.31. The molecule has 7 nitrogen and oxygen atoms in total. The molecule has 0 spiro atoms. The molecule has 1 aromatic heterocycles. The van der Waals surface area contributed by atoms with Gasteiger partial charge in [0.2, 0.25) is 5.15 Å². The predicted molar refractivity (Wildman–Crippen MR) is 69.4 cm³/mol. The van der Waals surface area contributed by atoms with E-state index in [-0.39, 0.29) is 29.6 Å². The first-order valence-electron chi connectivity index (χ1n) is 5.89. The minimum absolute atomic E-state index is 0.00600. The number of rotatable bonds is 4. The smallest absolute Gasteiger partial charge is 0.329 e. The van der Waals surface area contributed by atoms with Gasteiger partial charge >= 0.3 is 5.69 Å². The summed E-state index contributed by atoms with van der Waals surface area (Å²) in [6.45, 7) is 0.385. The molecule has 2 heterocycles. The van der Waals surface area contributed by atoms with Crippen molar-refractivity contribution in [2.45, 2.75) is 25.0 Å². The third-order valence-corrected chi connectivity index (χ3v) is 3.27. The Morgan fingerprint density at radius 3 is 3.00 bits per heavy atom. The molecule has 0 bridgehead atoms. The van der Waals surface area contributed by atoms with Crippen LogP contribution in [0.1, 0.15) is 12.8 Å². The van der Waals surface area contributed by atoms with Crippen molar-refractivity contribution in [2.24, 2.45) is 0 Å². The van der Waals surface area contributed by atoms with Gasteiger partial charge in [-0.2, -0.15) is 0 Å². The van der Waals surface area contributed by atoms with Gasteiger partial charge in [-0.15, -0.1) is 0 Å². The van der Waals surface area contributed by atoms with E-state index in [1.165, 1.54) is 12.3 Å². The van der Waals surface area contributed by atoms with Gasteiger partial charge < -0.3 is 15.2 Å². The van der Waals surface area contributed by atoms with Gasteiger partial charge in [0.15, 0.2) is 0 Å². The molecule has 0 radical (unpaired) electrons. The molecule has 0 saturated carbocycles. The van der Waals surface area contributed by atoms with Crippen molar-refractivity contribution in [2.75, 3.05) is 18.5 Å². The zero-order valence-electron chi connectivity index (χ0n) is 10.1. The number of aliphatic hydroxyl groups excluding tert-OH is 1. The molecule has 1 aliphatic heterocycles. The van der Waals surface area contributed by atoms with Gasteiger partial charge in [-0.1, -0.05) is 11.6 Å². The average molecular weight is 288 g/mol. The molecule has 2 unspecified atom stereocenters. The fraction of sp³-hybridized carbons (Fsp3) is 0.545. The highest BCUT2D eigenvalue weighted by Gasteiger charge is 2.25. The van der Waals surface area contributed by atoms with Crippen LogP contribution in [-0.2, 0) is 4.74 Å². The monoisotopic (exact) mass is 287 g/mol. The third-order valence-electron chi connectivity index (χ3n) is 3.00. The van der Waals surface area contributed by atoms with Crippen LogP contribution >= 0.6 is 11.6 Å². The lowest BCUT2D eigenvalue weighted by atomic mass is 10.1. The summed E-state index contributed by atoms with van der Waals surface area (Å²) >= 11 is 5.73. The van der Waals surface area contributed by atoms with Crippen LogP contribution in [-0.4, -0.2) is 40.4 Å². The molecule has 2 N–H and O–H groups in total. The van der Waals surface area contributed by atoms with E-state index in [4.69, 9.17) is 21.4 Å². The van der Waals surface area contributed by atoms with E-state index in [1.54, 1.807) is 0 Å². The number of ether oxygens (including phenoxy) is 1. The first kappa shape index (κ1) is 14.0. The van der Waals surface area contributed by atoms with E-state index < -0.39 is 4.92 Å². The Balaban J connectivity index is 2.08. The van der Waals surface area contributed by atoms with Crippen LogP contribution in [0.15, 0.2) is 12.3 Å². The zero-order chi connectivity index (χ0) is 13.8. The number of nitrogens with one attached hydrogen (secondary N) is 1. The van der Waals surface area contributed by atoms with E-state index in [0.717, 1.165) is 6.42 Å². The Kier molecular flexibility index (Phi) is 4.52. The SMILES string of the molecule is O=[N+]([O-])c1c(NC2CCC(CO)OC2)ccnc1Cl. The fourth-order valence-electron chi connectivity index (χ4n) is 2.00. The second-order valence-corrected chi connectivity index (χ2v) is 4.67. The molecule has 8 heteroatoms. The van der Waals surface area contributed by atoms with Gasteiger partial charge in [0.25, 0.3) is 0 Å². The number of aromatic nitrogens is 1. The molecule has 0 aliphatic carbocycles. The van der Waals surface area contributed by atoms with Gasteiger partial charge in [-0.25, -0.2) is 4.98 Å². The summed E-state index contributed by atoms with van der Waals surface area (Å²) in [5, 5.41) is 22.8. The molecule has 0 amide bonds. The Bertz CT molecular complexity index is 463. The number of pyridine rings is 1. The lowest BCUT2D eigenvalue weighted by Gasteiger charge is -2.29. The number of anilines is 1. The first-order valence-corrected chi connectivity index (χ1v) is 6.27. The van der Waals surface area contributed by atoms with Crippen molar-refractivity contribution >= 4 is 23.0 Å². The maximum absolute atomic E-state index is 11.0. The van der Waals surface area contributed by atoms with Gasteiger partial charge in [0, 0.05) is 12.2 Å². The number of halogens is 1. The van der Waals surface area contributed by atoms with Crippen molar-refractivity contribution in [3.63, 3.8) is 0 Å². The number of hydrogen-bond acceptors (Lipinski definition) is 6. The van der Waals surface area contributed by atoms with Crippen molar-refractivity contribution in [3.05, 3.63) is 27.5 Å². The summed E-state index contributed by atoms with van der Waals surface area (Å²) in [5.74, 6) is 0. The first-order chi connectivity index (χ1) is 9.11. The Labute approximate surface area is 114 Å². The Morgan fingerprint density at radius 2 is 2.42 bits per heavy atom. The second kappa shape index (κ2) is 6.14. The van der Waals surface area contributed by atoms with Crippen molar-refractivity contribution < 1.29 is 14.8 Å². The van der Waals surface area contributed by atoms with Crippen LogP contribution in [0.3, 0.4) is 0 Å². The molecule has 1 fully saturated rings. The zero-order valence-corrected chi connectivity index (χ0v) is 10.8. The number of hydrogen-bond donors (Lipinski definition) is 2. The van der Waals surface area contributed by atoms with Gasteiger partial charge in [0.1, 0.15) is 5.69 Å². The fourth-order valence-corrected chi connectivity index (χ4v) is 2.23. The number of nitrogens with zero attached hydrogens (tertiary/aromatic N) is 2. The lowest BCUT2D eigenvalue weighted by molar-refractivity contribution is -0.384. The normalized spacial score (nSPS) is 23.1. The van der Waals surface area contributed by atoms with E-state index in [2.05, 4.69) is 10.3 Å². The van der Waals surface area contributed by atoms with Crippen LogP contribution in [0.5, 0.6) is 0 Å². The van der Waals surface area contributed by atoms with Crippen molar-refractivity contribution in [1.29, 1.82) is 0 Å². The molecule has 1 aromatic rings. The molecule has 104 valence electrons. The summed E-state index contributed by atoms with van der Waals surface area (Å²) in [7, 11) is 0. The highest BCUT2D eigenvalue weighted by Crippen LogP contribution is 2.31. The molecule has 1 saturated heterocycles. The third kappa shape index (κ3) is 3.31. The summed E-state index contributed by atoms with van der Waals surface area (Å²) in [5.41, 5.74) is 0.106. The van der Waals surface area contributed by atoms with Crippen LogP contribution < -0.4 is 5.32 Å². The Hall–Kier alpha value is -1.44. The lowest BCUT2D eigenvalue weighted by Crippen LogP contribution is -2.36. The van der Waals surface area contributed by atoms with Crippen molar-refractivity contribution in [1.82, 2.24) is 4.98 Å². The number of aliphatic hydroxyl groups is 1. The van der Waals surface area contributed by atoms with Crippen molar-refractivity contribution in [3.8, 4) is 0 Å².